The molecule has 2 saturated heterocycles. The molecule has 31 heavy (non-hydrogen) atoms. The van der Waals surface area contributed by atoms with Crippen LogP contribution in [0.4, 0.5) is 11.4 Å². The Hall–Kier alpha value is -2.20. The van der Waals surface area contributed by atoms with E-state index in [0.717, 1.165) is 41.4 Å². The molecule has 0 saturated carbocycles. The Morgan fingerprint density at radius 1 is 1.10 bits per heavy atom. The Kier molecular flexibility index (Phi) is 6.76. The summed E-state index contributed by atoms with van der Waals surface area (Å²) in [5.74, 6) is 0.850. The van der Waals surface area contributed by atoms with Crippen molar-refractivity contribution in [3.63, 3.8) is 0 Å². The quantitative estimate of drug-likeness (QED) is 0.735. The van der Waals surface area contributed by atoms with E-state index in [-0.39, 0.29) is 5.92 Å². The third-order valence-corrected chi connectivity index (χ3v) is 7.76. The number of morpholine rings is 1. The number of hydrogen-bond acceptors (Lipinski definition) is 6. The lowest BCUT2D eigenvalue weighted by atomic mass is 9.95. The van der Waals surface area contributed by atoms with E-state index in [1.807, 2.05) is 43.3 Å². The van der Waals surface area contributed by atoms with Crippen LogP contribution in [0.25, 0.3) is 0 Å². The molecule has 9 heteroatoms. The molecular formula is C22H30N4O4S. The van der Waals surface area contributed by atoms with Gasteiger partial charge in [-0.15, -0.1) is 0 Å². The zero-order chi connectivity index (χ0) is 21.8. The highest BCUT2D eigenvalue weighted by Crippen LogP contribution is 2.31. The van der Waals surface area contributed by atoms with Gasteiger partial charge in [-0.3, -0.25) is 4.98 Å². The van der Waals surface area contributed by atoms with Crippen LogP contribution in [0.3, 0.4) is 0 Å². The highest BCUT2D eigenvalue weighted by molar-refractivity contribution is 7.86. The number of rotatable bonds is 6. The molecule has 0 amide bonds. The molecule has 3 heterocycles. The maximum atomic E-state index is 13.1. The highest BCUT2D eigenvalue weighted by Gasteiger charge is 2.35. The summed E-state index contributed by atoms with van der Waals surface area (Å²) >= 11 is 0. The van der Waals surface area contributed by atoms with Crippen LogP contribution in [0.15, 0.2) is 36.4 Å². The van der Waals surface area contributed by atoms with Crippen molar-refractivity contribution in [1.29, 1.82) is 0 Å². The molecule has 2 fully saturated rings. The Morgan fingerprint density at radius 2 is 1.90 bits per heavy atom. The lowest BCUT2D eigenvalue weighted by Gasteiger charge is -2.36. The van der Waals surface area contributed by atoms with Gasteiger partial charge in [0.2, 0.25) is 0 Å². The molecule has 1 N–H and O–H groups in total. The zero-order valence-electron chi connectivity index (χ0n) is 18.1. The second-order valence-electron chi connectivity index (χ2n) is 8.00. The number of hydrogen-bond donors (Lipinski definition) is 1. The van der Waals surface area contributed by atoms with Crippen LogP contribution < -0.4 is 10.1 Å². The summed E-state index contributed by atoms with van der Waals surface area (Å²) in [6, 6.07) is 11.8. The second kappa shape index (κ2) is 9.52. The summed E-state index contributed by atoms with van der Waals surface area (Å²) in [5, 5.41) is 3.42. The van der Waals surface area contributed by atoms with Crippen LogP contribution in [-0.2, 0) is 14.9 Å². The highest BCUT2D eigenvalue weighted by atomic mass is 32.2. The van der Waals surface area contributed by atoms with Crippen LogP contribution in [0.2, 0.25) is 0 Å². The maximum Gasteiger partial charge on any atom is 0.282 e. The molecule has 1 aromatic heterocycles. The largest absolute Gasteiger partial charge is 0.497 e. The molecule has 1 atom stereocenters. The molecule has 2 aromatic rings. The van der Waals surface area contributed by atoms with Crippen LogP contribution in [0, 0.1) is 6.92 Å². The monoisotopic (exact) mass is 446 g/mol. The number of ether oxygens (including phenoxy) is 2. The Balaban J connectivity index is 1.52. The van der Waals surface area contributed by atoms with Gasteiger partial charge in [-0.2, -0.15) is 17.0 Å². The number of piperidine rings is 1. The number of aromatic nitrogens is 1. The van der Waals surface area contributed by atoms with Gasteiger partial charge in [0.25, 0.3) is 10.2 Å². The average Bonchev–Trinajstić information content (AvgIpc) is 2.79. The van der Waals surface area contributed by atoms with E-state index < -0.39 is 10.2 Å². The van der Waals surface area contributed by atoms with Gasteiger partial charge >= 0.3 is 0 Å². The zero-order valence-corrected chi connectivity index (χ0v) is 18.9. The van der Waals surface area contributed by atoms with Gasteiger partial charge in [0.05, 0.1) is 20.3 Å². The smallest absolute Gasteiger partial charge is 0.282 e. The average molecular weight is 447 g/mol. The molecule has 4 rings (SSSR count). The molecule has 1 unspecified atom stereocenters. The Bertz CT molecular complexity index is 1010. The van der Waals surface area contributed by atoms with Crippen LogP contribution in [-0.4, -0.2) is 68.5 Å². The molecule has 0 radical (unpaired) electrons. The molecule has 0 bridgehead atoms. The molecule has 168 valence electrons. The van der Waals surface area contributed by atoms with Gasteiger partial charge in [0, 0.05) is 60.9 Å². The predicted octanol–water partition coefficient (Wildman–Crippen LogP) is 2.90. The van der Waals surface area contributed by atoms with Gasteiger partial charge in [-0.25, -0.2) is 0 Å². The normalized spacial score (nSPS) is 21.0. The van der Waals surface area contributed by atoms with Crippen molar-refractivity contribution in [2.75, 3.05) is 51.8 Å². The van der Waals surface area contributed by atoms with E-state index >= 15 is 0 Å². The van der Waals surface area contributed by atoms with E-state index in [0.29, 0.717) is 39.4 Å². The predicted molar refractivity (Wildman–Crippen MR) is 120 cm³/mol. The maximum absolute atomic E-state index is 13.1. The molecule has 0 spiro atoms. The fraction of sp³-hybridized carbons (Fsp3) is 0.500. The molecule has 0 aliphatic carbocycles. The fourth-order valence-electron chi connectivity index (χ4n) is 4.18. The van der Waals surface area contributed by atoms with Gasteiger partial charge in [0.1, 0.15) is 5.75 Å². The Labute approximate surface area is 184 Å². The van der Waals surface area contributed by atoms with Crippen molar-refractivity contribution < 1.29 is 17.9 Å². The summed E-state index contributed by atoms with van der Waals surface area (Å²) in [7, 11) is -1.83. The van der Waals surface area contributed by atoms with E-state index in [4.69, 9.17) is 14.5 Å². The molecule has 1 aromatic carbocycles. The van der Waals surface area contributed by atoms with Crippen molar-refractivity contribution in [3.05, 3.63) is 47.8 Å². The van der Waals surface area contributed by atoms with Crippen molar-refractivity contribution in [3.8, 4) is 5.75 Å². The number of methoxy groups -OCH3 is 1. The number of anilines is 2. The van der Waals surface area contributed by atoms with Crippen LogP contribution in [0.5, 0.6) is 5.75 Å². The summed E-state index contributed by atoms with van der Waals surface area (Å²) in [6.07, 6.45) is 1.74. The third kappa shape index (κ3) is 5.17. The van der Waals surface area contributed by atoms with Gasteiger partial charge in [-0.1, -0.05) is 6.07 Å². The topological polar surface area (TPSA) is 84.0 Å². The minimum atomic E-state index is -3.47. The minimum absolute atomic E-state index is 0.0651. The number of aryl methyl sites for hydroxylation is 1. The van der Waals surface area contributed by atoms with E-state index in [1.165, 1.54) is 0 Å². The van der Waals surface area contributed by atoms with Crippen LogP contribution in [0.1, 0.15) is 30.1 Å². The van der Waals surface area contributed by atoms with Crippen molar-refractivity contribution in [1.82, 2.24) is 13.6 Å². The number of nitrogens with zero attached hydrogens (tertiary/aromatic N) is 3. The van der Waals surface area contributed by atoms with Crippen molar-refractivity contribution in [2.45, 2.75) is 25.7 Å². The SMILES string of the molecule is COc1cccc(Nc2cc(C)nc(C3CCCN(S(=O)(=O)N4CCOCC4)C3)c2)c1. The standard InChI is InChI=1S/C22H30N4O4S/c1-17-13-20(24-19-6-3-7-21(14-19)29-2)15-22(23-17)18-5-4-8-26(16-18)31(27,28)25-9-11-30-12-10-25/h3,6-7,13-15,18H,4-5,8-12,16H2,1-2H3,(H,23,24). The fourth-order valence-corrected chi connectivity index (χ4v) is 5.84. The van der Waals surface area contributed by atoms with E-state index in [9.17, 15) is 8.42 Å². The number of benzene rings is 1. The van der Waals surface area contributed by atoms with Gasteiger partial charge in [0.15, 0.2) is 0 Å². The summed E-state index contributed by atoms with van der Waals surface area (Å²) in [4.78, 5) is 4.74. The molecule has 2 aliphatic rings. The van der Waals surface area contributed by atoms with Crippen molar-refractivity contribution in [2.24, 2.45) is 0 Å². The van der Waals surface area contributed by atoms with Gasteiger partial charge < -0.3 is 14.8 Å². The first kappa shape index (κ1) is 22.0. The molecule has 8 nitrogen and oxygen atoms in total. The first-order valence-electron chi connectivity index (χ1n) is 10.7. The van der Waals surface area contributed by atoms with Crippen LogP contribution >= 0.6 is 0 Å². The van der Waals surface area contributed by atoms with Gasteiger partial charge in [-0.05, 0) is 44.0 Å². The molecular weight excluding hydrogens is 416 g/mol. The third-order valence-electron chi connectivity index (χ3n) is 5.76. The lowest BCUT2D eigenvalue weighted by Crippen LogP contribution is -2.51. The summed E-state index contributed by atoms with van der Waals surface area (Å²) in [6.45, 7) is 4.71. The minimum Gasteiger partial charge on any atom is -0.497 e. The molecule has 2 aliphatic heterocycles. The van der Waals surface area contributed by atoms with E-state index in [2.05, 4.69) is 5.32 Å². The van der Waals surface area contributed by atoms with Crippen molar-refractivity contribution >= 4 is 21.6 Å². The summed E-state index contributed by atoms with van der Waals surface area (Å²) in [5.41, 5.74) is 3.68. The summed E-state index contributed by atoms with van der Waals surface area (Å²) < 4.78 is 40.0. The number of pyridine rings is 1. The Morgan fingerprint density at radius 3 is 2.68 bits per heavy atom. The lowest BCUT2D eigenvalue weighted by molar-refractivity contribution is 0.0695. The first-order chi connectivity index (χ1) is 15.0. The second-order valence-corrected chi connectivity index (χ2v) is 9.92. The van der Waals surface area contributed by atoms with E-state index in [1.54, 1.807) is 15.7 Å². The number of nitrogens with one attached hydrogen (secondary N) is 1. The first-order valence-corrected chi connectivity index (χ1v) is 12.1.